The predicted octanol–water partition coefficient (Wildman–Crippen LogP) is 2.93. The number of anilines is 1. The lowest BCUT2D eigenvalue weighted by molar-refractivity contribution is 0.332. The van der Waals surface area contributed by atoms with Gasteiger partial charge >= 0.3 is 0 Å². The molecule has 1 aromatic carbocycles. The van der Waals surface area contributed by atoms with Crippen LogP contribution in [0.15, 0.2) is 30.5 Å². The highest BCUT2D eigenvalue weighted by molar-refractivity contribution is 5.51. The normalized spacial score (nSPS) is 15.7. The third-order valence-corrected chi connectivity index (χ3v) is 4.01. The maximum Gasteiger partial charge on any atom is 0.0539 e. The highest BCUT2D eigenvalue weighted by atomic mass is 15.1. The molecule has 1 aromatic heterocycles. The van der Waals surface area contributed by atoms with Crippen LogP contribution in [0, 0.1) is 6.92 Å². The van der Waals surface area contributed by atoms with Crippen molar-refractivity contribution >= 4 is 5.69 Å². The zero-order valence-electron chi connectivity index (χ0n) is 12.0. The summed E-state index contributed by atoms with van der Waals surface area (Å²) in [5.41, 5.74) is 4.98. The first-order valence-corrected chi connectivity index (χ1v) is 7.36. The summed E-state index contributed by atoms with van der Waals surface area (Å²) in [5.74, 6) is 0. The van der Waals surface area contributed by atoms with Crippen LogP contribution in [0.25, 0.3) is 0 Å². The van der Waals surface area contributed by atoms with Crippen molar-refractivity contribution in [3.8, 4) is 0 Å². The Bertz CT molecular complexity index is 555. The third-order valence-electron chi connectivity index (χ3n) is 4.01. The van der Waals surface area contributed by atoms with Crippen molar-refractivity contribution in [3.63, 3.8) is 0 Å². The smallest absolute Gasteiger partial charge is 0.0539 e. The fraction of sp³-hybridized carbons (Fsp3) is 0.438. The van der Waals surface area contributed by atoms with Gasteiger partial charge in [-0.2, -0.15) is 5.10 Å². The molecule has 20 heavy (non-hydrogen) atoms. The van der Waals surface area contributed by atoms with Gasteiger partial charge in [0.1, 0.15) is 0 Å². The summed E-state index contributed by atoms with van der Waals surface area (Å²) >= 11 is 0. The van der Waals surface area contributed by atoms with Gasteiger partial charge in [-0.15, -0.1) is 0 Å². The molecule has 1 fully saturated rings. The van der Waals surface area contributed by atoms with E-state index < -0.39 is 0 Å². The number of aryl methyl sites for hydroxylation is 1. The van der Waals surface area contributed by atoms with Crippen molar-refractivity contribution in [2.75, 3.05) is 18.4 Å². The van der Waals surface area contributed by atoms with Crippen LogP contribution in [0.4, 0.5) is 5.69 Å². The first-order valence-electron chi connectivity index (χ1n) is 7.36. The van der Waals surface area contributed by atoms with Crippen molar-refractivity contribution in [2.45, 2.75) is 32.9 Å². The number of para-hydroxylation sites is 1. The van der Waals surface area contributed by atoms with E-state index in [0.29, 0.717) is 0 Å². The fourth-order valence-corrected chi connectivity index (χ4v) is 2.76. The summed E-state index contributed by atoms with van der Waals surface area (Å²) < 4.78 is 0. The molecule has 1 saturated heterocycles. The average Bonchev–Trinajstić information content (AvgIpc) is 3.10. The second-order valence-electron chi connectivity index (χ2n) is 5.51. The Morgan fingerprint density at radius 1 is 1.20 bits per heavy atom. The molecule has 4 nitrogen and oxygen atoms in total. The standard InChI is InChI=1S/C16H22N4/c1-13-15(11-18-19-13)10-17-16-7-3-2-6-14(16)12-20-8-4-5-9-20/h2-3,6-7,11,17H,4-5,8-10,12H2,1H3,(H,18,19). The highest BCUT2D eigenvalue weighted by Crippen LogP contribution is 2.20. The summed E-state index contributed by atoms with van der Waals surface area (Å²) in [4.78, 5) is 2.53. The molecule has 106 valence electrons. The van der Waals surface area contributed by atoms with Crippen molar-refractivity contribution in [1.29, 1.82) is 0 Å². The summed E-state index contributed by atoms with van der Waals surface area (Å²) in [6, 6.07) is 8.61. The number of rotatable bonds is 5. The molecule has 1 aliphatic heterocycles. The molecule has 0 aliphatic carbocycles. The van der Waals surface area contributed by atoms with Crippen LogP contribution in [0.3, 0.4) is 0 Å². The second kappa shape index (κ2) is 6.09. The number of hydrogen-bond acceptors (Lipinski definition) is 3. The number of aromatic nitrogens is 2. The molecule has 1 aliphatic rings. The van der Waals surface area contributed by atoms with Gasteiger partial charge in [0.25, 0.3) is 0 Å². The molecule has 0 spiro atoms. The van der Waals surface area contributed by atoms with E-state index in [-0.39, 0.29) is 0 Å². The summed E-state index contributed by atoms with van der Waals surface area (Å²) in [6.45, 7) is 6.39. The molecule has 2 N–H and O–H groups in total. The van der Waals surface area contributed by atoms with Crippen LogP contribution in [0.1, 0.15) is 29.7 Å². The van der Waals surface area contributed by atoms with Crippen LogP contribution >= 0.6 is 0 Å². The summed E-state index contributed by atoms with van der Waals surface area (Å²) in [5, 5.41) is 10.6. The Labute approximate surface area is 120 Å². The van der Waals surface area contributed by atoms with Gasteiger partial charge in [-0.3, -0.25) is 10.00 Å². The van der Waals surface area contributed by atoms with Crippen molar-refractivity contribution < 1.29 is 0 Å². The van der Waals surface area contributed by atoms with Crippen molar-refractivity contribution in [3.05, 3.63) is 47.3 Å². The van der Waals surface area contributed by atoms with Gasteiger partial charge in [-0.05, 0) is 44.5 Å². The maximum atomic E-state index is 4.07. The number of likely N-dealkylation sites (tertiary alicyclic amines) is 1. The van der Waals surface area contributed by atoms with E-state index in [0.717, 1.165) is 18.8 Å². The quantitative estimate of drug-likeness (QED) is 0.878. The van der Waals surface area contributed by atoms with Gasteiger partial charge in [0.15, 0.2) is 0 Å². The van der Waals surface area contributed by atoms with Gasteiger partial charge in [0.2, 0.25) is 0 Å². The second-order valence-corrected chi connectivity index (χ2v) is 5.51. The van der Waals surface area contributed by atoms with E-state index in [1.165, 1.54) is 42.7 Å². The van der Waals surface area contributed by atoms with Crippen LogP contribution in [-0.2, 0) is 13.1 Å². The van der Waals surface area contributed by atoms with Crippen LogP contribution in [-0.4, -0.2) is 28.2 Å². The Morgan fingerprint density at radius 2 is 2.00 bits per heavy atom. The van der Waals surface area contributed by atoms with Gasteiger partial charge in [0.05, 0.1) is 6.20 Å². The van der Waals surface area contributed by atoms with E-state index in [9.17, 15) is 0 Å². The molecule has 0 atom stereocenters. The molecule has 0 bridgehead atoms. The van der Waals surface area contributed by atoms with Crippen LogP contribution in [0.5, 0.6) is 0 Å². The molecule has 2 aromatic rings. The van der Waals surface area contributed by atoms with Crippen molar-refractivity contribution in [1.82, 2.24) is 15.1 Å². The van der Waals surface area contributed by atoms with Crippen molar-refractivity contribution in [2.24, 2.45) is 0 Å². The minimum absolute atomic E-state index is 0.819. The molecule has 3 rings (SSSR count). The van der Waals surface area contributed by atoms with Gasteiger partial charge in [-0.25, -0.2) is 0 Å². The summed E-state index contributed by atoms with van der Waals surface area (Å²) in [6.07, 6.45) is 4.57. The lowest BCUT2D eigenvalue weighted by Crippen LogP contribution is -2.19. The lowest BCUT2D eigenvalue weighted by atomic mass is 10.1. The SMILES string of the molecule is Cc1[nH]ncc1CNc1ccccc1CN1CCCC1. The lowest BCUT2D eigenvalue weighted by Gasteiger charge is -2.18. The third kappa shape index (κ3) is 3.02. The van der Waals surface area contributed by atoms with E-state index in [2.05, 4.69) is 51.6 Å². The Morgan fingerprint density at radius 3 is 2.75 bits per heavy atom. The maximum absolute atomic E-state index is 4.07. The zero-order valence-corrected chi connectivity index (χ0v) is 12.0. The molecule has 0 amide bonds. The number of aromatic amines is 1. The minimum atomic E-state index is 0.819. The van der Waals surface area contributed by atoms with E-state index in [1.54, 1.807) is 0 Å². The number of H-pyrrole nitrogens is 1. The number of hydrogen-bond donors (Lipinski definition) is 2. The van der Waals surface area contributed by atoms with Gasteiger partial charge in [-0.1, -0.05) is 18.2 Å². The average molecular weight is 270 g/mol. The zero-order chi connectivity index (χ0) is 13.8. The Hall–Kier alpha value is -1.81. The molecule has 0 saturated carbocycles. The first-order chi connectivity index (χ1) is 9.83. The van der Waals surface area contributed by atoms with Gasteiger partial charge in [0, 0.05) is 30.0 Å². The van der Waals surface area contributed by atoms with E-state index in [4.69, 9.17) is 0 Å². The fourth-order valence-electron chi connectivity index (χ4n) is 2.76. The van der Waals surface area contributed by atoms with Crippen LogP contribution < -0.4 is 5.32 Å². The monoisotopic (exact) mass is 270 g/mol. The number of benzene rings is 1. The van der Waals surface area contributed by atoms with E-state index in [1.807, 2.05) is 6.20 Å². The highest BCUT2D eigenvalue weighted by Gasteiger charge is 2.13. The molecule has 4 heteroatoms. The molecule has 0 radical (unpaired) electrons. The topological polar surface area (TPSA) is 44.0 Å². The Balaban J connectivity index is 1.67. The minimum Gasteiger partial charge on any atom is -0.381 e. The summed E-state index contributed by atoms with van der Waals surface area (Å²) in [7, 11) is 0. The number of nitrogens with one attached hydrogen (secondary N) is 2. The molecule has 2 heterocycles. The van der Waals surface area contributed by atoms with Crippen LogP contribution in [0.2, 0.25) is 0 Å². The molecular formula is C16H22N4. The van der Waals surface area contributed by atoms with E-state index >= 15 is 0 Å². The Kier molecular flexibility index (Phi) is 4.02. The predicted molar refractivity (Wildman–Crippen MR) is 81.6 cm³/mol. The van der Waals surface area contributed by atoms with Gasteiger partial charge < -0.3 is 5.32 Å². The molecule has 0 unspecified atom stereocenters. The first kappa shape index (κ1) is 13.2. The number of nitrogens with zero attached hydrogens (tertiary/aromatic N) is 2. The molecular weight excluding hydrogens is 248 g/mol. The largest absolute Gasteiger partial charge is 0.381 e.